The van der Waals surface area contributed by atoms with Crippen LogP contribution in [-0.4, -0.2) is 19.0 Å². The quantitative estimate of drug-likeness (QED) is 0.295. The van der Waals surface area contributed by atoms with Crippen molar-refractivity contribution >= 4 is 45.7 Å². The van der Waals surface area contributed by atoms with Gasteiger partial charge in [-0.3, -0.25) is 4.79 Å². The lowest BCUT2D eigenvalue weighted by Gasteiger charge is -2.17. The molecule has 0 aliphatic heterocycles. The number of nitrogens with two attached hydrogens (primary N) is 1. The Balaban J connectivity index is 1.67. The number of esters is 1. The number of thioether (sulfide) groups is 1. The number of thiophene rings is 1. The lowest BCUT2D eigenvalue weighted by atomic mass is 9.95. The Hall–Kier alpha value is -2.77. The van der Waals surface area contributed by atoms with Gasteiger partial charge in [-0.1, -0.05) is 36.4 Å². The Morgan fingerprint density at radius 2 is 1.87 bits per heavy atom. The number of carbonyl (C=O) groups excluding carboxylic acids is 2. The van der Waals surface area contributed by atoms with Crippen LogP contribution in [0.4, 0.5) is 10.7 Å². The van der Waals surface area contributed by atoms with E-state index in [1.165, 1.54) is 35.1 Å². The van der Waals surface area contributed by atoms with Crippen LogP contribution in [0.3, 0.4) is 0 Å². The highest BCUT2D eigenvalue weighted by Crippen LogP contribution is 2.41. The minimum Gasteiger partial charge on any atom is -0.465 e. The standard InChI is InChI=1S/C24H24N2O3S2/c1-29-24(28)20-18-12-5-6-13-19(18)31-23(20)26-22(27)21(15-8-3-2-4-9-15)30-17-11-7-10-16(25)14-17/h2-4,7-11,14,21H,5-6,12-13,25H2,1H3,(H,26,27). The van der Waals surface area contributed by atoms with Crippen molar-refractivity contribution in [3.8, 4) is 0 Å². The van der Waals surface area contributed by atoms with Gasteiger partial charge < -0.3 is 15.8 Å². The van der Waals surface area contributed by atoms with Crippen molar-refractivity contribution in [2.24, 2.45) is 0 Å². The molecular formula is C24H24N2O3S2. The molecule has 1 heterocycles. The van der Waals surface area contributed by atoms with Crippen LogP contribution < -0.4 is 11.1 Å². The number of methoxy groups -OCH3 is 1. The second-order valence-corrected chi connectivity index (χ2v) is 9.66. The van der Waals surface area contributed by atoms with Gasteiger partial charge in [0.05, 0.1) is 12.7 Å². The zero-order valence-electron chi connectivity index (χ0n) is 17.2. The Morgan fingerprint density at radius 1 is 1.10 bits per heavy atom. The SMILES string of the molecule is COC(=O)c1c(NC(=O)C(Sc2cccc(N)c2)c2ccccc2)sc2c1CCCC2. The number of nitrogens with one attached hydrogen (secondary N) is 1. The zero-order valence-corrected chi connectivity index (χ0v) is 18.9. The molecule has 5 nitrogen and oxygen atoms in total. The molecule has 1 aromatic heterocycles. The van der Waals surface area contributed by atoms with Crippen LogP contribution in [0.2, 0.25) is 0 Å². The van der Waals surface area contributed by atoms with Gasteiger partial charge in [0.1, 0.15) is 10.3 Å². The van der Waals surface area contributed by atoms with Crippen LogP contribution in [-0.2, 0) is 22.4 Å². The predicted molar refractivity (Wildman–Crippen MR) is 127 cm³/mol. The maximum atomic E-state index is 13.5. The van der Waals surface area contributed by atoms with Gasteiger partial charge in [-0.15, -0.1) is 23.1 Å². The van der Waals surface area contributed by atoms with Crippen LogP contribution in [0.25, 0.3) is 0 Å². The number of carbonyl (C=O) groups is 2. The molecule has 7 heteroatoms. The van der Waals surface area contributed by atoms with E-state index in [9.17, 15) is 9.59 Å². The second-order valence-electron chi connectivity index (χ2n) is 7.38. The monoisotopic (exact) mass is 452 g/mol. The third-order valence-electron chi connectivity index (χ3n) is 5.25. The van der Waals surface area contributed by atoms with Crippen molar-refractivity contribution in [3.05, 3.63) is 76.2 Å². The van der Waals surface area contributed by atoms with E-state index in [1.807, 2.05) is 54.6 Å². The number of benzene rings is 2. The molecule has 0 saturated heterocycles. The van der Waals surface area contributed by atoms with Gasteiger partial charge in [-0.2, -0.15) is 0 Å². The average Bonchev–Trinajstić information content (AvgIpc) is 3.15. The average molecular weight is 453 g/mol. The fourth-order valence-electron chi connectivity index (χ4n) is 3.77. The van der Waals surface area contributed by atoms with Crippen LogP contribution in [0.5, 0.6) is 0 Å². The molecular weight excluding hydrogens is 428 g/mol. The van der Waals surface area contributed by atoms with Gasteiger partial charge in [0.25, 0.3) is 0 Å². The van der Waals surface area contributed by atoms with Crippen molar-refractivity contribution in [1.82, 2.24) is 0 Å². The molecule has 1 aliphatic carbocycles. The number of hydrogen-bond donors (Lipinski definition) is 2. The first kappa shape index (κ1) is 21.5. The van der Waals surface area contributed by atoms with E-state index in [2.05, 4.69) is 5.32 Å². The van der Waals surface area contributed by atoms with Crippen molar-refractivity contribution < 1.29 is 14.3 Å². The third kappa shape index (κ3) is 4.78. The highest BCUT2D eigenvalue weighted by Gasteiger charge is 2.29. The molecule has 4 rings (SSSR count). The number of amides is 1. The second kappa shape index (κ2) is 9.58. The van der Waals surface area contributed by atoms with Crippen LogP contribution in [0.15, 0.2) is 59.5 Å². The summed E-state index contributed by atoms with van der Waals surface area (Å²) in [6, 6.07) is 17.1. The van der Waals surface area contributed by atoms with Gasteiger partial charge in [0, 0.05) is 15.5 Å². The Bertz CT molecular complexity index is 1100. The molecule has 3 N–H and O–H groups in total. The summed E-state index contributed by atoms with van der Waals surface area (Å²) in [6.07, 6.45) is 3.91. The molecule has 2 aromatic carbocycles. The number of rotatable bonds is 6. The van der Waals surface area contributed by atoms with E-state index in [0.717, 1.165) is 41.7 Å². The summed E-state index contributed by atoms with van der Waals surface area (Å²) in [5, 5.41) is 3.13. The minimum atomic E-state index is -0.493. The van der Waals surface area contributed by atoms with Crippen molar-refractivity contribution in [2.45, 2.75) is 35.8 Å². The van der Waals surface area contributed by atoms with Gasteiger partial charge >= 0.3 is 5.97 Å². The lowest BCUT2D eigenvalue weighted by molar-refractivity contribution is -0.115. The number of nitrogen functional groups attached to an aromatic ring is 1. The molecule has 0 bridgehead atoms. The molecule has 1 unspecified atom stereocenters. The smallest absolute Gasteiger partial charge is 0.341 e. The van der Waals surface area contributed by atoms with Crippen molar-refractivity contribution in [1.29, 1.82) is 0 Å². The first-order valence-electron chi connectivity index (χ1n) is 10.2. The van der Waals surface area contributed by atoms with Crippen LogP contribution in [0, 0.1) is 0 Å². The summed E-state index contributed by atoms with van der Waals surface area (Å²) in [4.78, 5) is 28.1. The summed E-state index contributed by atoms with van der Waals surface area (Å²) in [7, 11) is 1.38. The van der Waals surface area contributed by atoms with Crippen LogP contribution in [0.1, 0.15) is 44.5 Å². The fraction of sp³-hybridized carbons (Fsp3) is 0.250. The molecule has 3 aromatic rings. The minimum absolute atomic E-state index is 0.178. The summed E-state index contributed by atoms with van der Waals surface area (Å²) < 4.78 is 5.03. The van der Waals surface area contributed by atoms with Gasteiger partial charge in [0.2, 0.25) is 5.91 Å². The maximum absolute atomic E-state index is 13.5. The maximum Gasteiger partial charge on any atom is 0.341 e. The Labute approximate surface area is 190 Å². The third-order valence-corrected chi connectivity index (χ3v) is 7.71. The highest BCUT2D eigenvalue weighted by molar-refractivity contribution is 8.00. The largest absolute Gasteiger partial charge is 0.465 e. The lowest BCUT2D eigenvalue weighted by Crippen LogP contribution is -2.20. The zero-order chi connectivity index (χ0) is 21.8. The summed E-state index contributed by atoms with van der Waals surface area (Å²) in [5.74, 6) is -0.572. The molecule has 31 heavy (non-hydrogen) atoms. The number of anilines is 2. The molecule has 160 valence electrons. The summed E-state index contributed by atoms with van der Waals surface area (Å²) in [6.45, 7) is 0. The normalized spacial score (nSPS) is 13.8. The molecule has 1 atom stereocenters. The molecule has 0 radical (unpaired) electrons. The van der Waals surface area contributed by atoms with E-state index < -0.39 is 11.2 Å². The van der Waals surface area contributed by atoms with E-state index in [4.69, 9.17) is 10.5 Å². The fourth-order valence-corrected chi connectivity index (χ4v) is 6.15. The van der Waals surface area contributed by atoms with Crippen LogP contribution >= 0.6 is 23.1 Å². The summed E-state index contributed by atoms with van der Waals surface area (Å²) in [5.41, 5.74) is 9.00. The van der Waals surface area contributed by atoms with E-state index in [1.54, 1.807) is 0 Å². The molecule has 0 saturated carbocycles. The highest BCUT2D eigenvalue weighted by atomic mass is 32.2. The van der Waals surface area contributed by atoms with E-state index in [0.29, 0.717) is 16.3 Å². The topological polar surface area (TPSA) is 81.4 Å². The molecule has 1 aliphatic rings. The van der Waals surface area contributed by atoms with Crippen molar-refractivity contribution in [2.75, 3.05) is 18.2 Å². The molecule has 1 amide bonds. The van der Waals surface area contributed by atoms with Gasteiger partial charge in [-0.25, -0.2) is 4.79 Å². The van der Waals surface area contributed by atoms with Gasteiger partial charge in [-0.05, 0) is 55.0 Å². The Morgan fingerprint density at radius 3 is 2.61 bits per heavy atom. The number of aryl methyl sites for hydroxylation is 1. The number of fused-ring (bicyclic) bond motifs is 1. The first-order valence-corrected chi connectivity index (χ1v) is 11.9. The van der Waals surface area contributed by atoms with E-state index in [-0.39, 0.29) is 5.91 Å². The molecule has 0 spiro atoms. The number of hydrogen-bond acceptors (Lipinski definition) is 6. The summed E-state index contributed by atoms with van der Waals surface area (Å²) >= 11 is 2.93. The number of ether oxygens (including phenoxy) is 1. The predicted octanol–water partition coefficient (Wildman–Crippen LogP) is 5.47. The van der Waals surface area contributed by atoms with Gasteiger partial charge in [0.15, 0.2) is 0 Å². The first-order chi connectivity index (χ1) is 15.1. The molecule has 0 fully saturated rings. The van der Waals surface area contributed by atoms with E-state index >= 15 is 0 Å². The van der Waals surface area contributed by atoms with Crippen molar-refractivity contribution in [3.63, 3.8) is 0 Å². The Kier molecular flexibility index (Phi) is 6.63.